The highest BCUT2D eigenvalue weighted by atomic mass is 32.2. The third-order valence-electron chi connectivity index (χ3n) is 3.86. The van der Waals surface area contributed by atoms with Crippen LogP contribution in [0, 0.1) is 6.92 Å². The first-order valence-corrected chi connectivity index (χ1v) is 10.7. The number of rotatable bonds is 7. The maximum atomic E-state index is 12.4. The number of anilines is 1. The van der Waals surface area contributed by atoms with Gasteiger partial charge in [0.2, 0.25) is 10.0 Å². The number of hydrogen-bond donors (Lipinski definition) is 2. The molecular weight excluding hydrogens is 398 g/mol. The van der Waals surface area contributed by atoms with Crippen LogP contribution in [0.3, 0.4) is 0 Å². The second-order valence-electron chi connectivity index (χ2n) is 5.86. The van der Waals surface area contributed by atoms with Crippen molar-refractivity contribution in [2.75, 3.05) is 12.4 Å². The first kappa shape index (κ1) is 20.0. The van der Waals surface area contributed by atoms with Crippen LogP contribution in [0.25, 0.3) is 0 Å². The number of amides is 1. The molecule has 0 radical (unpaired) electrons. The van der Waals surface area contributed by atoms with Gasteiger partial charge in [0.25, 0.3) is 5.91 Å². The second-order valence-corrected chi connectivity index (χ2v) is 8.81. The van der Waals surface area contributed by atoms with Crippen molar-refractivity contribution in [3.63, 3.8) is 0 Å². The molecule has 2 aromatic carbocycles. The van der Waals surface area contributed by atoms with Crippen molar-refractivity contribution in [3.05, 3.63) is 70.2 Å². The predicted molar refractivity (Wildman–Crippen MR) is 108 cm³/mol. The summed E-state index contributed by atoms with van der Waals surface area (Å²) in [4.78, 5) is 16.8. The van der Waals surface area contributed by atoms with E-state index in [-0.39, 0.29) is 10.8 Å². The Kier molecular flexibility index (Phi) is 6.08. The van der Waals surface area contributed by atoms with Crippen LogP contribution in [-0.4, -0.2) is 26.4 Å². The lowest BCUT2D eigenvalue weighted by atomic mass is 10.2. The molecule has 0 fully saturated rings. The summed E-state index contributed by atoms with van der Waals surface area (Å²) in [7, 11) is -2.16. The highest BCUT2D eigenvalue weighted by Gasteiger charge is 2.12. The zero-order valence-electron chi connectivity index (χ0n) is 15.3. The molecule has 146 valence electrons. The van der Waals surface area contributed by atoms with Crippen molar-refractivity contribution < 1.29 is 17.9 Å². The Bertz CT molecular complexity index is 1060. The summed E-state index contributed by atoms with van der Waals surface area (Å²) in [6.07, 6.45) is 0. The van der Waals surface area contributed by atoms with Gasteiger partial charge in [-0.15, -0.1) is 11.3 Å². The summed E-state index contributed by atoms with van der Waals surface area (Å²) < 4.78 is 31.3. The lowest BCUT2D eigenvalue weighted by Crippen LogP contribution is -2.18. The van der Waals surface area contributed by atoms with E-state index in [4.69, 9.17) is 4.74 Å². The van der Waals surface area contributed by atoms with Gasteiger partial charge >= 0.3 is 0 Å². The quantitative estimate of drug-likeness (QED) is 0.615. The molecule has 0 bridgehead atoms. The molecule has 0 aliphatic carbocycles. The number of thiazole rings is 1. The van der Waals surface area contributed by atoms with Crippen LogP contribution in [0.4, 0.5) is 5.69 Å². The minimum atomic E-state index is -3.51. The average molecular weight is 418 g/mol. The van der Waals surface area contributed by atoms with Crippen LogP contribution >= 0.6 is 11.3 Å². The van der Waals surface area contributed by atoms with Crippen LogP contribution in [0.2, 0.25) is 0 Å². The fraction of sp³-hybridized carbons (Fsp3) is 0.158. The van der Waals surface area contributed by atoms with E-state index in [0.717, 1.165) is 10.7 Å². The molecule has 0 saturated heterocycles. The number of ether oxygens (including phenoxy) is 1. The van der Waals surface area contributed by atoms with Crippen LogP contribution in [-0.2, 0) is 16.6 Å². The molecule has 2 N–H and O–H groups in total. The van der Waals surface area contributed by atoms with Crippen LogP contribution in [0.5, 0.6) is 5.75 Å². The van der Waals surface area contributed by atoms with Gasteiger partial charge in [-0.1, -0.05) is 0 Å². The molecule has 0 unspecified atom stereocenters. The number of aromatic nitrogens is 1. The van der Waals surface area contributed by atoms with E-state index in [1.165, 1.54) is 31.3 Å². The van der Waals surface area contributed by atoms with Gasteiger partial charge in [-0.2, -0.15) is 0 Å². The predicted octanol–water partition coefficient (Wildman–Crippen LogP) is 3.19. The molecule has 9 heteroatoms. The van der Waals surface area contributed by atoms with Gasteiger partial charge in [0, 0.05) is 16.6 Å². The molecule has 1 heterocycles. The molecular formula is C19H19N3O4S2. The molecule has 1 aromatic heterocycles. The number of carbonyl (C=O) groups is 1. The first-order chi connectivity index (χ1) is 13.4. The maximum Gasteiger partial charge on any atom is 0.255 e. The Morgan fingerprint density at radius 3 is 2.36 bits per heavy atom. The summed E-state index contributed by atoms with van der Waals surface area (Å²) in [5.41, 5.74) is 1.83. The summed E-state index contributed by atoms with van der Waals surface area (Å²) in [6, 6.07) is 12.7. The Balaban J connectivity index is 1.60. The number of sulfonamides is 1. The zero-order chi connectivity index (χ0) is 20.1. The van der Waals surface area contributed by atoms with Crippen LogP contribution < -0.4 is 14.8 Å². The van der Waals surface area contributed by atoms with Gasteiger partial charge < -0.3 is 10.1 Å². The van der Waals surface area contributed by atoms with Crippen LogP contribution in [0.1, 0.15) is 21.1 Å². The summed E-state index contributed by atoms with van der Waals surface area (Å²) in [6.45, 7) is 2.31. The Morgan fingerprint density at radius 2 is 1.79 bits per heavy atom. The van der Waals surface area contributed by atoms with Gasteiger partial charge in [0.1, 0.15) is 12.4 Å². The number of carbonyl (C=O) groups excluding carboxylic acids is 1. The molecule has 28 heavy (non-hydrogen) atoms. The normalized spacial score (nSPS) is 11.2. The lowest BCUT2D eigenvalue weighted by Gasteiger charge is -2.08. The van der Waals surface area contributed by atoms with Crippen molar-refractivity contribution in [2.45, 2.75) is 18.4 Å². The van der Waals surface area contributed by atoms with Crippen molar-refractivity contribution in [1.82, 2.24) is 9.71 Å². The van der Waals surface area contributed by atoms with E-state index in [1.54, 1.807) is 35.6 Å². The molecule has 7 nitrogen and oxygen atoms in total. The van der Waals surface area contributed by atoms with E-state index in [9.17, 15) is 13.2 Å². The van der Waals surface area contributed by atoms with Gasteiger partial charge in [0.15, 0.2) is 0 Å². The Morgan fingerprint density at radius 1 is 1.11 bits per heavy atom. The zero-order valence-corrected chi connectivity index (χ0v) is 16.9. The molecule has 1 amide bonds. The van der Waals surface area contributed by atoms with Gasteiger partial charge in [-0.05, 0) is 62.5 Å². The third kappa shape index (κ3) is 4.94. The third-order valence-corrected chi connectivity index (χ3v) is 6.11. The number of hydrogen-bond acceptors (Lipinski definition) is 6. The SMILES string of the molecule is CNS(=O)(=O)c1ccc(NC(=O)c2ccc(OCc3csc(C)n3)cc2)cc1. The lowest BCUT2D eigenvalue weighted by molar-refractivity contribution is 0.102. The topological polar surface area (TPSA) is 97.4 Å². The van der Waals surface area contributed by atoms with Crippen molar-refractivity contribution >= 4 is 33.0 Å². The summed E-state index contributed by atoms with van der Waals surface area (Å²) >= 11 is 1.57. The standard InChI is InChI=1S/C19H19N3O4S2/c1-13-21-16(12-27-13)11-26-17-7-3-14(4-8-17)19(23)22-15-5-9-18(10-6-15)28(24,25)20-2/h3-10,12,20H,11H2,1-2H3,(H,22,23). The average Bonchev–Trinajstić information content (AvgIpc) is 3.12. The second kappa shape index (κ2) is 8.51. The largest absolute Gasteiger partial charge is 0.487 e. The van der Waals surface area contributed by atoms with E-state index in [2.05, 4.69) is 15.0 Å². The molecule has 3 rings (SSSR count). The van der Waals surface area contributed by atoms with Crippen molar-refractivity contribution in [3.8, 4) is 5.75 Å². The molecule has 0 aliphatic rings. The molecule has 0 aliphatic heterocycles. The fourth-order valence-corrected chi connectivity index (χ4v) is 3.70. The molecule has 0 spiro atoms. The van der Waals surface area contributed by atoms with E-state index < -0.39 is 10.0 Å². The molecule has 3 aromatic rings. The Labute approximate surface area is 167 Å². The van der Waals surface area contributed by atoms with Gasteiger partial charge in [-0.3, -0.25) is 4.79 Å². The van der Waals surface area contributed by atoms with Gasteiger partial charge in [-0.25, -0.2) is 18.1 Å². The minimum absolute atomic E-state index is 0.129. The van der Waals surface area contributed by atoms with Crippen molar-refractivity contribution in [2.24, 2.45) is 0 Å². The Hall–Kier alpha value is -2.75. The fourth-order valence-electron chi connectivity index (χ4n) is 2.37. The first-order valence-electron chi connectivity index (χ1n) is 8.36. The highest BCUT2D eigenvalue weighted by Crippen LogP contribution is 2.18. The number of nitrogens with one attached hydrogen (secondary N) is 2. The van der Waals surface area contributed by atoms with E-state index in [0.29, 0.717) is 23.6 Å². The van der Waals surface area contributed by atoms with E-state index >= 15 is 0 Å². The molecule has 0 atom stereocenters. The monoisotopic (exact) mass is 417 g/mol. The molecule has 0 saturated carbocycles. The van der Waals surface area contributed by atoms with Gasteiger partial charge in [0.05, 0.1) is 15.6 Å². The minimum Gasteiger partial charge on any atom is -0.487 e. The number of nitrogens with zero attached hydrogens (tertiary/aromatic N) is 1. The maximum absolute atomic E-state index is 12.4. The summed E-state index contributed by atoms with van der Waals surface area (Å²) in [5, 5.41) is 5.67. The van der Waals surface area contributed by atoms with Crippen molar-refractivity contribution in [1.29, 1.82) is 0 Å². The number of aryl methyl sites for hydroxylation is 1. The number of benzene rings is 2. The van der Waals surface area contributed by atoms with E-state index in [1.807, 2.05) is 12.3 Å². The highest BCUT2D eigenvalue weighted by molar-refractivity contribution is 7.89. The summed E-state index contributed by atoms with van der Waals surface area (Å²) in [5.74, 6) is 0.342. The smallest absolute Gasteiger partial charge is 0.255 e. The van der Waals surface area contributed by atoms with Crippen LogP contribution in [0.15, 0.2) is 58.8 Å².